The molecule has 3 nitrogen and oxygen atoms in total. The van der Waals surface area contributed by atoms with Crippen LogP contribution in [-0.2, 0) is 0 Å². The maximum absolute atomic E-state index is 6.43. The summed E-state index contributed by atoms with van der Waals surface area (Å²) in [6, 6.07) is 16.5. The highest BCUT2D eigenvalue weighted by Gasteiger charge is 2.26. The largest absolute Gasteiger partial charge is 0.454 e. The van der Waals surface area contributed by atoms with E-state index in [9.17, 15) is 0 Å². The van der Waals surface area contributed by atoms with Crippen LogP contribution in [0.5, 0.6) is 11.5 Å². The van der Waals surface area contributed by atoms with E-state index in [1.807, 2.05) is 30.0 Å². The van der Waals surface area contributed by atoms with Gasteiger partial charge in [0.1, 0.15) is 0 Å². The van der Waals surface area contributed by atoms with Gasteiger partial charge in [-0.3, -0.25) is 4.99 Å². The molecule has 2 aromatic carbocycles. The third kappa shape index (κ3) is 2.90. The van der Waals surface area contributed by atoms with Gasteiger partial charge in [-0.05, 0) is 41.3 Å². The minimum Gasteiger partial charge on any atom is -0.454 e. The van der Waals surface area contributed by atoms with Crippen LogP contribution >= 0.6 is 34.7 Å². The van der Waals surface area contributed by atoms with Crippen LogP contribution in [0, 0.1) is 0 Å². The van der Waals surface area contributed by atoms with E-state index in [-0.39, 0.29) is 12.0 Å². The monoisotopic (exact) mass is 399 g/mol. The minimum atomic E-state index is 0.200. The van der Waals surface area contributed by atoms with Crippen LogP contribution in [0.15, 0.2) is 63.8 Å². The highest BCUT2D eigenvalue weighted by atomic mass is 35.5. The van der Waals surface area contributed by atoms with Crippen LogP contribution in [0.3, 0.4) is 0 Å². The van der Waals surface area contributed by atoms with Gasteiger partial charge >= 0.3 is 0 Å². The van der Waals surface area contributed by atoms with Gasteiger partial charge in [-0.15, -0.1) is 23.1 Å². The van der Waals surface area contributed by atoms with Gasteiger partial charge in [0, 0.05) is 21.4 Å². The number of aliphatic imine (C=N–C) groups is 1. The van der Waals surface area contributed by atoms with Crippen molar-refractivity contribution in [2.45, 2.75) is 16.6 Å². The Morgan fingerprint density at radius 2 is 2.00 bits per heavy atom. The average Bonchev–Trinajstić information content (AvgIpc) is 3.30. The Hall–Kier alpha value is -1.95. The second-order valence-corrected chi connectivity index (χ2v) is 8.65. The molecule has 0 bridgehead atoms. The van der Waals surface area contributed by atoms with E-state index in [0.29, 0.717) is 10.8 Å². The highest BCUT2D eigenvalue weighted by molar-refractivity contribution is 7.99. The zero-order valence-electron chi connectivity index (χ0n) is 13.6. The molecule has 0 N–H and O–H groups in total. The Morgan fingerprint density at radius 1 is 1.08 bits per heavy atom. The lowest BCUT2D eigenvalue weighted by atomic mass is 10.0. The van der Waals surface area contributed by atoms with Gasteiger partial charge in [0.15, 0.2) is 11.5 Å². The van der Waals surface area contributed by atoms with Crippen LogP contribution in [0.25, 0.3) is 0 Å². The smallest absolute Gasteiger partial charge is 0.231 e. The van der Waals surface area contributed by atoms with Crippen molar-refractivity contribution < 1.29 is 9.47 Å². The number of halogens is 1. The summed E-state index contributed by atoms with van der Waals surface area (Å²) >= 11 is 9.97. The zero-order chi connectivity index (χ0) is 17.5. The SMILES string of the molecule is Clc1cc([C@@H]2CC(c3cccs3)=Nc3ccccc3S2)cc2c1OCO2. The molecule has 0 radical (unpaired) electrons. The lowest BCUT2D eigenvalue weighted by molar-refractivity contribution is 0.174. The molecular formula is C20H14ClNO2S2. The highest BCUT2D eigenvalue weighted by Crippen LogP contribution is 2.49. The van der Waals surface area contributed by atoms with Crippen molar-refractivity contribution in [1.29, 1.82) is 0 Å². The zero-order valence-corrected chi connectivity index (χ0v) is 16.0. The summed E-state index contributed by atoms with van der Waals surface area (Å²) < 4.78 is 11.0. The molecule has 0 saturated heterocycles. The standard InChI is InChI=1S/C20H14ClNO2S2/c21-13-8-12(9-16-20(13)24-11-23-16)19-10-15(17-6-3-7-25-17)22-14-4-1-2-5-18(14)26-19/h1-9,19H,10-11H2/t19-/m0/s1. The summed E-state index contributed by atoms with van der Waals surface area (Å²) in [5.74, 6) is 1.36. The Kier molecular flexibility index (Phi) is 4.15. The number of hydrogen-bond donors (Lipinski definition) is 0. The third-order valence-corrected chi connectivity index (χ3v) is 6.92. The van der Waals surface area contributed by atoms with Crippen LogP contribution in [0.1, 0.15) is 22.1 Å². The van der Waals surface area contributed by atoms with E-state index >= 15 is 0 Å². The number of nitrogens with zero attached hydrogens (tertiary/aromatic N) is 1. The molecule has 0 amide bonds. The Morgan fingerprint density at radius 3 is 2.88 bits per heavy atom. The average molecular weight is 400 g/mol. The van der Waals surface area contributed by atoms with E-state index in [0.717, 1.165) is 29.1 Å². The molecule has 3 heterocycles. The van der Waals surface area contributed by atoms with E-state index in [1.54, 1.807) is 11.3 Å². The first-order chi connectivity index (χ1) is 12.8. The number of benzene rings is 2. The molecule has 3 aromatic rings. The Labute approximate surface area is 164 Å². The molecule has 2 aliphatic rings. The predicted molar refractivity (Wildman–Crippen MR) is 108 cm³/mol. The fourth-order valence-electron chi connectivity index (χ4n) is 3.17. The van der Waals surface area contributed by atoms with Crippen LogP contribution in [0.4, 0.5) is 5.69 Å². The van der Waals surface area contributed by atoms with Gasteiger partial charge in [-0.1, -0.05) is 29.8 Å². The van der Waals surface area contributed by atoms with Gasteiger partial charge in [-0.25, -0.2) is 0 Å². The number of rotatable bonds is 2. The molecule has 0 saturated carbocycles. The van der Waals surface area contributed by atoms with Crippen molar-refractivity contribution >= 4 is 46.1 Å². The summed E-state index contributed by atoms with van der Waals surface area (Å²) in [6.07, 6.45) is 0.829. The molecule has 0 fully saturated rings. The molecule has 2 aliphatic heterocycles. The lowest BCUT2D eigenvalue weighted by Gasteiger charge is -2.17. The fourth-order valence-corrected chi connectivity index (χ4v) is 5.38. The van der Waals surface area contributed by atoms with E-state index < -0.39 is 0 Å². The van der Waals surface area contributed by atoms with Crippen molar-refractivity contribution in [2.75, 3.05) is 6.79 Å². The van der Waals surface area contributed by atoms with Gasteiger partial charge in [-0.2, -0.15) is 0 Å². The molecule has 0 aliphatic carbocycles. The maximum Gasteiger partial charge on any atom is 0.231 e. The molecular weight excluding hydrogens is 386 g/mol. The van der Waals surface area contributed by atoms with Gasteiger partial charge in [0.05, 0.1) is 16.4 Å². The second-order valence-electron chi connectivity index (χ2n) is 6.05. The normalized spacial score (nSPS) is 18.2. The fraction of sp³-hybridized carbons (Fsp3) is 0.150. The van der Waals surface area contributed by atoms with Crippen molar-refractivity contribution in [3.05, 3.63) is 69.4 Å². The molecule has 130 valence electrons. The van der Waals surface area contributed by atoms with Gasteiger partial charge in [0.2, 0.25) is 6.79 Å². The van der Waals surface area contributed by atoms with Crippen molar-refractivity contribution in [3.8, 4) is 11.5 Å². The van der Waals surface area contributed by atoms with Gasteiger partial charge in [0.25, 0.3) is 0 Å². The van der Waals surface area contributed by atoms with Crippen molar-refractivity contribution in [3.63, 3.8) is 0 Å². The van der Waals surface area contributed by atoms with Crippen LogP contribution < -0.4 is 9.47 Å². The van der Waals surface area contributed by atoms with Gasteiger partial charge < -0.3 is 9.47 Å². The summed E-state index contributed by atoms with van der Waals surface area (Å²) in [7, 11) is 0. The van der Waals surface area contributed by atoms with Crippen LogP contribution in [-0.4, -0.2) is 12.5 Å². The lowest BCUT2D eigenvalue weighted by Crippen LogP contribution is -2.04. The summed E-state index contributed by atoms with van der Waals surface area (Å²) in [6.45, 7) is 0.223. The van der Waals surface area contributed by atoms with E-state index in [1.165, 1.54) is 9.77 Å². The third-order valence-electron chi connectivity index (χ3n) is 4.40. The molecule has 1 atom stereocenters. The van der Waals surface area contributed by atoms with Crippen molar-refractivity contribution in [1.82, 2.24) is 0 Å². The molecule has 6 heteroatoms. The first-order valence-corrected chi connectivity index (χ1v) is 10.4. The second kappa shape index (κ2) is 6.65. The molecule has 5 rings (SSSR count). The Bertz CT molecular complexity index is 1000. The molecule has 0 spiro atoms. The molecule has 0 unspecified atom stereocenters. The number of ether oxygens (including phenoxy) is 2. The van der Waals surface area contributed by atoms with E-state index in [4.69, 9.17) is 26.1 Å². The molecule has 26 heavy (non-hydrogen) atoms. The minimum absolute atomic E-state index is 0.200. The Balaban J connectivity index is 1.60. The topological polar surface area (TPSA) is 30.8 Å². The number of thioether (sulfide) groups is 1. The summed E-state index contributed by atoms with van der Waals surface area (Å²) in [4.78, 5) is 7.36. The number of thiophene rings is 1. The maximum atomic E-state index is 6.43. The molecule has 1 aromatic heterocycles. The quantitative estimate of drug-likeness (QED) is 0.493. The number of hydrogen-bond acceptors (Lipinski definition) is 5. The van der Waals surface area contributed by atoms with E-state index in [2.05, 4.69) is 35.7 Å². The number of fused-ring (bicyclic) bond motifs is 2. The van der Waals surface area contributed by atoms with Crippen LogP contribution in [0.2, 0.25) is 5.02 Å². The first-order valence-electron chi connectivity index (χ1n) is 8.24. The van der Waals surface area contributed by atoms with Crippen molar-refractivity contribution in [2.24, 2.45) is 4.99 Å². The summed E-state index contributed by atoms with van der Waals surface area (Å²) in [5, 5.41) is 2.89. The number of para-hydroxylation sites is 1. The predicted octanol–water partition coefficient (Wildman–Crippen LogP) is 6.49. The summed E-state index contributed by atoms with van der Waals surface area (Å²) in [5.41, 5.74) is 3.26. The first kappa shape index (κ1) is 16.2.